The van der Waals surface area contributed by atoms with Gasteiger partial charge < -0.3 is 20.3 Å². The van der Waals surface area contributed by atoms with Crippen molar-refractivity contribution in [2.75, 3.05) is 13.7 Å². The Morgan fingerprint density at radius 1 is 0.892 bits per heavy atom. The number of esters is 1. The standard InChI is InChI=1S/C49H53N9O5S2/c1-26-29(4)65-48-40(26)41(53-37(23-39(59)63-9)44-56-55-30(5)58(44)48)33-16-14-32(15-17-33)36-21-20-35(24-50-36)45(60)54-43(49(6,7)8)47(62)57-22-10-11-38(57)46(61)52-27(2)31-12-18-34(19-13-31)42-28(3)51-25-64-42/h12-21,24-25,27,37-38,43H,10-11,22-23H2,1-9H3,(H,52,61)(H,54,60). The molecule has 3 amide bonds. The van der Waals surface area contributed by atoms with Crippen molar-refractivity contribution in [2.24, 2.45) is 10.4 Å². The number of hydrogen-bond donors (Lipinski definition) is 2. The predicted molar refractivity (Wildman–Crippen MR) is 252 cm³/mol. The van der Waals surface area contributed by atoms with Gasteiger partial charge in [-0.3, -0.25) is 33.7 Å². The third kappa shape index (κ3) is 9.01. The van der Waals surface area contributed by atoms with E-state index in [2.05, 4.69) is 44.6 Å². The molecule has 2 aliphatic heterocycles. The van der Waals surface area contributed by atoms with Gasteiger partial charge in [-0.15, -0.1) is 32.9 Å². The van der Waals surface area contributed by atoms with Gasteiger partial charge in [0.25, 0.3) is 5.91 Å². The van der Waals surface area contributed by atoms with Crippen molar-refractivity contribution in [2.45, 2.75) is 98.8 Å². The molecule has 65 heavy (non-hydrogen) atoms. The zero-order valence-corrected chi connectivity index (χ0v) is 39.7. The van der Waals surface area contributed by atoms with Gasteiger partial charge in [-0.05, 0) is 81.7 Å². The first-order valence-electron chi connectivity index (χ1n) is 21.7. The molecule has 6 heterocycles. The summed E-state index contributed by atoms with van der Waals surface area (Å²) in [6.45, 7) is 16.1. The first-order valence-corrected chi connectivity index (χ1v) is 23.4. The fourth-order valence-corrected chi connectivity index (χ4v) is 10.5. The van der Waals surface area contributed by atoms with Crippen molar-refractivity contribution in [3.63, 3.8) is 0 Å². The number of aliphatic imine (C=N–C) groups is 1. The molecule has 0 aliphatic carbocycles. The summed E-state index contributed by atoms with van der Waals surface area (Å²) >= 11 is 3.24. The smallest absolute Gasteiger partial charge is 0.308 e. The van der Waals surface area contributed by atoms with Gasteiger partial charge in [-0.25, -0.2) is 4.98 Å². The van der Waals surface area contributed by atoms with Crippen LogP contribution in [0.3, 0.4) is 0 Å². The zero-order chi connectivity index (χ0) is 46.3. The second-order valence-electron chi connectivity index (χ2n) is 17.8. The van der Waals surface area contributed by atoms with Gasteiger partial charge in [0.2, 0.25) is 11.8 Å². The number of nitrogens with one attached hydrogen (secondary N) is 2. The number of thiophene rings is 1. The number of hydrogen-bond acceptors (Lipinski definition) is 12. The van der Waals surface area contributed by atoms with E-state index in [4.69, 9.17) is 9.73 Å². The number of pyridine rings is 1. The maximum Gasteiger partial charge on any atom is 0.308 e. The van der Waals surface area contributed by atoms with Crippen LogP contribution in [0.15, 0.2) is 77.4 Å². The van der Waals surface area contributed by atoms with Crippen LogP contribution in [0.4, 0.5) is 0 Å². The minimum absolute atomic E-state index is 0.0124. The maximum absolute atomic E-state index is 14.3. The molecule has 336 valence electrons. The van der Waals surface area contributed by atoms with Gasteiger partial charge >= 0.3 is 5.97 Å². The monoisotopic (exact) mass is 911 g/mol. The van der Waals surface area contributed by atoms with Gasteiger partial charge in [0.1, 0.15) is 29.0 Å². The normalized spacial score (nSPS) is 16.8. The number of carbonyl (C=O) groups excluding carboxylic acids is 4. The van der Waals surface area contributed by atoms with E-state index in [0.29, 0.717) is 42.3 Å². The maximum atomic E-state index is 14.3. The number of thiazole rings is 1. The number of benzene rings is 2. The first-order chi connectivity index (χ1) is 31.0. The number of methoxy groups -OCH3 is 1. The minimum Gasteiger partial charge on any atom is -0.469 e. The molecule has 16 heteroatoms. The van der Waals surface area contributed by atoms with Crippen LogP contribution in [-0.2, 0) is 19.1 Å². The first kappa shape index (κ1) is 45.2. The number of fused-ring (bicyclic) bond motifs is 3. The lowest BCUT2D eigenvalue weighted by molar-refractivity contribution is -0.142. The Bertz CT molecular complexity index is 2800. The molecule has 2 N–H and O–H groups in total. The van der Waals surface area contributed by atoms with Crippen LogP contribution in [-0.4, -0.2) is 84.8 Å². The highest BCUT2D eigenvalue weighted by Gasteiger charge is 2.42. The topological polar surface area (TPSA) is 174 Å². The summed E-state index contributed by atoms with van der Waals surface area (Å²) in [5.41, 5.74) is 9.63. The average Bonchev–Trinajstić information content (AvgIpc) is 4.09. The molecular weight excluding hydrogens is 859 g/mol. The summed E-state index contributed by atoms with van der Waals surface area (Å²) in [5, 5.41) is 15.9. The number of ether oxygens (including phenoxy) is 1. The summed E-state index contributed by atoms with van der Waals surface area (Å²) in [6.07, 6.45) is 2.74. The number of carbonyl (C=O) groups is 4. The molecule has 2 aromatic carbocycles. The quantitative estimate of drug-likeness (QED) is 0.122. The third-order valence-corrected chi connectivity index (χ3v) is 14.5. The van der Waals surface area contributed by atoms with E-state index >= 15 is 0 Å². The molecule has 4 atom stereocenters. The number of amides is 3. The van der Waals surface area contributed by atoms with E-state index in [-0.39, 0.29) is 24.3 Å². The molecule has 0 saturated carbocycles. The highest BCUT2D eigenvalue weighted by molar-refractivity contribution is 7.15. The van der Waals surface area contributed by atoms with Crippen LogP contribution in [0.25, 0.3) is 26.7 Å². The Kier molecular flexibility index (Phi) is 12.7. The molecule has 6 aromatic rings. The van der Waals surface area contributed by atoms with Gasteiger partial charge in [0.15, 0.2) is 5.82 Å². The van der Waals surface area contributed by atoms with Crippen LogP contribution in [0, 0.1) is 33.1 Å². The van der Waals surface area contributed by atoms with Crippen molar-refractivity contribution in [3.05, 3.63) is 122 Å². The van der Waals surface area contributed by atoms with E-state index in [9.17, 15) is 19.2 Å². The van der Waals surface area contributed by atoms with Gasteiger partial charge in [-0.1, -0.05) is 69.3 Å². The van der Waals surface area contributed by atoms with Crippen LogP contribution >= 0.6 is 22.7 Å². The Balaban J connectivity index is 0.955. The molecule has 0 spiro atoms. The molecule has 1 saturated heterocycles. The number of aromatic nitrogens is 5. The molecule has 1 fully saturated rings. The largest absolute Gasteiger partial charge is 0.469 e. The van der Waals surface area contributed by atoms with Gasteiger partial charge in [-0.2, -0.15) is 0 Å². The summed E-state index contributed by atoms with van der Waals surface area (Å²) in [5.74, 6) is -0.0492. The molecule has 8 rings (SSSR count). The number of likely N-dealkylation sites (tertiary alicyclic amines) is 1. The van der Waals surface area contributed by atoms with Crippen LogP contribution in [0.2, 0.25) is 0 Å². The SMILES string of the molecule is COC(=O)CC1N=C(c2ccc(-c3ccc(C(=O)NC(C(=O)N4CCCC4C(=O)NC(C)c4ccc(-c5scnc5C)cc4)C(C)(C)C)cn3)cc2)c2c(sc(C)c2C)-n2c(C)nnc21. The van der Waals surface area contributed by atoms with E-state index in [1.807, 2.05) is 100 Å². The molecular formula is C49H53N9O5S2. The van der Waals surface area contributed by atoms with E-state index in [1.54, 1.807) is 39.7 Å². The second-order valence-corrected chi connectivity index (χ2v) is 19.8. The summed E-state index contributed by atoms with van der Waals surface area (Å²) in [7, 11) is 1.36. The molecule has 0 bridgehead atoms. The number of aryl methyl sites for hydroxylation is 3. The van der Waals surface area contributed by atoms with Gasteiger partial charge in [0.05, 0.1) is 52.6 Å². The molecule has 0 radical (unpaired) electrons. The highest BCUT2D eigenvalue weighted by atomic mass is 32.1. The number of nitrogens with zero attached hydrogens (tertiary/aromatic N) is 7. The lowest BCUT2D eigenvalue weighted by atomic mass is 9.85. The third-order valence-electron chi connectivity index (χ3n) is 12.3. The molecule has 14 nitrogen and oxygen atoms in total. The summed E-state index contributed by atoms with van der Waals surface area (Å²) in [6, 6.07) is 17.0. The van der Waals surface area contributed by atoms with Gasteiger partial charge in [0, 0.05) is 34.3 Å². The van der Waals surface area contributed by atoms with Crippen molar-refractivity contribution in [3.8, 4) is 26.7 Å². The number of rotatable bonds is 11. The van der Waals surface area contributed by atoms with Crippen molar-refractivity contribution in [1.29, 1.82) is 0 Å². The zero-order valence-electron chi connectivity index (χ0n) is 38.1. The summed E-state index contributed by atoms with van der Waals surface area (Å²) < 4.78 is 7.03. The minimum atomic E-state index is -0.897. The van der Waals surface area contributed by atoms with E-state index in [0.717, 1.165) is 59.5 Å². The predicted octanol–water partition coefficient (Wildman–Crippen LogP) is 8.22. The second kappa shape index (κ2) is 18.2. The van der Waals surface area contributed by atoms with Crippen molar-refractivity contribution in [1.82, 2.24) is 40.3 Å². The van der Waals surface area contributed by atoms with E-state index < -0.39 is 35.4 Å². The lowest BCUT2D eigenvalue weighted by Crippen LogP contribution is -2.57. The fraction of sp³-hybridized carbons (Fsp3) is 0.367. The van der Waals surface area contributed by atoms with E-state index in [1.165, 1.54) is 13.3 Å². The van der Waals surface area contributed by atoms with Crippen molar-refractivity contribution >= 4 is 52.1 Å². The fourth-order valence-electron chi connectivity index (χ4n) is 8.49. The Morgan fingerprint density at radius 3 is 2.25 bits per heavy atom. The molecule has 4 unspecified atom stereocenters. The van der Waals surface area contributed by atoms with Crippen LogP contribution in [0.1, 0.15) is 114 Å². The Morgan fingerprint density at radius 2 is 1.60 bits per heavy atom. The van der Waals surface area contributed by atoms with Crippen LogP contribution < -0.4 is 10.6 Å². The Hall–Kier alpha value is -6.39. The average molecular weight is 912 g/mol. The highest BCUT2D eigenvalue weighted by Crippen LogP contribution is 2.40. The molecule has 2 aliphatic rings. The summed E-state index contributed by atoms with van der Waals surface area (Å²) in [4.78, 5) is 72.5. The van der Waals surface area contributed by atoms with Crippen LogP contribution in [0.5, 0.6) is 0 Å². The molecule has 4 aromatic heterocycles. The lowest BCUT2D eigenvalue weighted by Gasteiger charge is -2.35. The van der Waals surface area contributed by atoms with Crippen molar-refractivity contribution < 1.29 is 23.9 Å². The Labute approximate surface area is 386 Å².